The zero-order valence-electron chi connectivity index (χ0n) is 17.3. The average molecular weight is 390 g/mol. The molecule has 1 amide bonds. The van der Waals surface area contributed by atoms with Crippen molar-refractivity contribution in [2.75, 3.05) is 16.0 Å². The van der Waals surface area contributed by atoms with Crippen molar-refractivity contribution in [3.8, 4) is 0 Å². The summed E-state index contributed by atoms with van der Waals surface area (Å²) in [4.78, 5) is 20.3. The molecular weight excluding hydrogens is 362 g/mol. The lowest BCUT2D eigenvalue weighted by Crippen LogP contribution is -2.06. The van der Waals surface area contributed by atoms with E-state index in [-0.39, 0.29) is 5.91 Å². The predicted molar refractivity (Wildman–Crippen MR) is 119 cm³/mol. The highest BCUT2D eigenvalue weighted by Crippen LogP contribution is 2.27. The maximum Gasteiger partial charge on any atom is 0.229 e. The Morgan fingerprint density at radius 3 is 2.10 bits per heavy atom. The highest BCUT2D eigenvalue weighted by molar-refractivity contribution is 5.88. The Balaban J connectivity index is 1.83. The van der Waals surface area contributed by atoms with Crippen LogP contribution in [-0.2, 0) is 17.6 Å². The van der Waals surface area contributed by atoms with Gasteiger partial charge >= 0.3 is 0 Å². The second kappa shape index (κ2) is 9.19. The molecule has 0 radical (unpaired) electrons. The fourth-order valence-electron chi connectivity index (χ4n) is 3.19. The first kappa shape index (κ1) is 20.3. The smallest absolute Gasteiger partial charge is 0.229 e. The zero-order chi connectivity index (χ0) is 20.8. The molecule has 6 heteroatoms. The largest absolute Gasteiger partial charge is 0.340 e. The van der Waals surface area contributed by atoms with Crippen LogP contribution in [0.1, 0.15) is 37.6 Å². The molecule has 0 unspecified atom stereocenters. The van der Waals surface area contributed by atoms with Crippen LogP contribution in [0.5, 0.6) is 0 Å². The van der Waals surface area contributed by atoms with Gasteiger partial charge in [-0.15, -0.1) is 0 Å². The number of para-hydroxylation sites is 1. The average Bonchev–Trinajstić information content (AvgIpc) is 2.69. The van der Waals surface area contributed by atoms with Crippen molar-refractivity contribution in [3.63, 3.8) is 0 Å². The molecule has 150 valence electrons. The summed E-state index contributed by atoms with van der Waals surface area (Å²) >= 11 is 0. The first-order chi connectivity index (χ1) is 14.0. The van der Waals surface area contributed by atoms with Crippen LogP contribution in [0.4, 0.5) is 28.8 Å². The molecule has 0 bridgehead atoms. The molecule has 0 fully saturated rings. The van der Waals surface area contributed by atoms with Gasteiger partial charge in [-0.3, -0.25) is 4.79 Å². The van der Waals surface area contributed by atoms with Crippen molar-refractivity contribution in [1.29, 1.82) is 0 Å². The molecule has 0 aliphatic rings. The second-order valence-corrected chi connectivity index (χ2v) is 6.89. The van der Waals surface area contributed by atoms with E-state index in [1.165, 1.54) is 18.1 Å². The van der Waals surface area contributed by atoms with Crippen LogP contribution in [0.15, 0.2) is 48.5 Å². The Morgan fingerprint density at radius 2 is 1.52 bits per heavy atom. The summed E-state index contributed by atoms with van der Waals surface area (Å²) < 4.78 is 0. The Labute approximate surface area is 171 Å². The topological polar surface area (TPSA) is 78.9 Å². The minimum atomic E-state index is -0.0951. The number of carbonyl (C=O) groups excluding carboxylic acids is 1. The third kappa shape index (κ3) is 5.31. The lowest BCUT2D eigenvalue weighted by atomic mass is 10.0. The maximum absolute atomic E-state index is 11.2. The lowest BCUT2D eigenvalue weighted by Gasteiger charge is -2.16. The van der Waals surface area contributed by atoms with Gasteiger partial charge in [0.15, 0.2) is 0 Å². The first-order valence-electron chi connectivity index (χ1n) is 9.86. The summed E-state index contributed by atoms with van der Waals surface area (Å²) in [6, 6.07) is 15.8. The van der Waals surface area contributed by atoms with Gasteiger partial charge in [0.25, 0.3) is 0 Å². The van der Waals surface area contributed by atoms with E-state index in [4.69, 9.17) is 0 Å². The van der Waals surface area contributed by atoms with Crippen LogP contribution in [0.3, 0.4) is 0 Å². The molecular formula is C23H27N5O. The van der Waals surface area contributed by atoms with Gasteiger partial charge in [0, 0.05) is 35.7 Å². The number of benzene rings is 2. The molecule has 6 nitrogen and oxygen atoms in total. The molecule has 0 atom stereocenters. The van der Waals surface area contributed by atoms with Gasteiger partial charge in [0.2, 0.25) is 11.9 Å². The Hall–Kier alpha value is -3.41. The van der Waals surface area contributed by atoms with E-state index < -0.39 is 0 Å². The highest BCUT2D eigenvalue weighted by Gasteiger charge is 2.09. The van der Waals surface area contributed by atoms with Crippen molar-refractivity contribution in [2.24, 2.45) is 0 Å². The van der Waals surface area contributed by atoms with E-state index in [2.05, 4.69) is 58.0 Å². The molecule has 0 aliphatic carbocycles. The van der Waals surface area contributed by atoms with Crippen LogP contribution < -0.4 is 16.0 Å². The second-order valence-electron chi connectivity index (χ2n) is 6.89. The first-order valence-corrected chi connectivity index (χ1v) is 9.86. The summed E-state index contributed by atoms with van der Waals surface area (Å²) in [7, 11) is 0. The Kier molecular flexibility index (Phi) is 6.44. The van der Waals surface area contributed by atoms with Gasteiger partial charge < -0.3 is 16.0 Å². The van der Waals surface area contributed by atoms with E-state index in [1.807, 2.05) is 37.3 Å². The summed E-state index contributed by atoms with van der Waals surface area (Å²) in [6.07, 6.45) is 1.90. The standard InChI is InChI=1S/C23H27N5O/c1-5-17-8-7-9-18(6-2)22(17)27-21-14-15(3)24-23(28-21)26-20-12-10-19(11-13-20)25-16(4)29/h7-14H,5-6H2,1-4H3,(H,25,29)(H2,24,26,27,28). The van der Waals surface area contributed by atoms with Gasteiger partial charge in [-0.05, 0) is 55.2 Å². The summed E-state index contributed by atoms with van der Waals surface area (Å²) in [6.45, 7) is 7.75. The third-order valence-electron chi connectivity index (χ3n) is 4.57. The number of anilines is 5. The number of carbonyl (C=O) groups is 1. The van der Waals surface area contributed by atoms with E-state index >= 15 is 0 Å². The zero-order valence-corrected chi connectivity index (χ0v) is 17.3. The van der Waals surface area contributed by atoms with Crippen LogP contribution in [-0.4, -0.2) is 15.9 Å². The van der Waals surface area contributed by atoms with Crippen molar-refractivity contribution < 1.29 is 4.79 Å². The maximum atomic E-state index is 11.2. The summed E-state index contributed by atoms with van der Waals surface area (Å²) in [5, 5.41) is 9.49. The number of hydrogen-bond acceptors (Lipinski definition) is 5. The van der Waals surface area contributed by atoms with Crippen molar-refractivity contribution >= 4 is 34.7 Å². The van der Waals surface area contributed by atoms with Crippen molar-refractivity contribution in [3.05, 3.63) is 65.4 Å². The van der Waals surface area contributed by atoms with Crippen LogP contribution in [0.2, 0.25) is 0 Å². The molecule has 0 spiro atoms. The minimum absolute atomic E-state index is 0.0951. The lowest BCUT2D eigenvalue weighted by molar-refractivity contribution is -0.114. The third-order valence-corrected chi connectivity index (χ3v) is 4.57. The van der Waals surface area contributed by atoms with Gasteiger partial charge in [0.05, 0.1) is 0 Å². The van der Waals surface area contributed by atoms with Gasteiger partial charge in [-0.1, -0.05) is 32.0 Å². The van der Waals surface area contributed by atoms with E-state index in [0.717, 1.165) is 41.4 Å². The van der Waals surface area contributed by atoms with Gasteiger partial charge in [-0.25, -0.2) is 4.98 Å². The van der Waals surface area contributed by atoms with Gasteiger partial charge in [-0.2, -0.15) is 4.98 Å². The predicted octanol–water partition coefficient (Wildman–Crippen LogP) is 5.36. The Bertz CT molecular complexity index is 976. The van der Waals surface area contributed by atoms with Crippen molar-refractivity contribution in [2.45, 2.75) is 40.5 Å². The summed E-state index contributed by atoms with van der Waals surface area (Å²) in [5.41, 5.74) is 6.12. The molecule has 29 heavy (non-hydrogen) atoms. The highest BCUT2D eigenvalue weighted by atomic mass is 16.1. The van der Waals surface area contributed by atoms with E-state index in [0.29, 0.717) is 5.95 Å². The number of nitrogens with zero attached hydrogens (tertiary/aromatic N) is 2. The molecule has 3 N–H and O–H groups in total. The fourth-order valence-corrected chi connectivity index (χ4v) is 3.19. The van der Waals surface area contributed by atoms with E-state index in [1.54, 1.807) is 0 Å². The molecule has 2 aromatic carbocycles. The summed E-state index contributed by atoms with van der Waals surface area (Å²) in [5.74, 6) is 1.18. The number of aryl methyl sites for hydroxylation is 3. The number of hydrogen-bond donors (Lipinski definition) is 3. The fraction of sp³-hybridized carbons (Fsp3) is 0.261. The quantitative estimate of drug-likeness (QED) is 0.507. The van der Waals surface area contributed by atoms with Crippen LogP contribution in [0, 0.1) is 6.92 Å². The molecule has 0 saturated heterocycles. The molecule has 3 rings (SSSR count). The Morgan fingerprint density at radius 1 is 0.897 bits per heavy atom. The van der Waals surface area contributed by atoms with E-state index in [9.17, 15) is 4.79 Å². The molecule has 1 aromatic heterocycles. The molecule has 1 heterocycles. The number of amides is 1. The van der Waals surface area contributed by atoms with Crippen LogP contribution >= 0.6 is 0 Å². The van der Waals surface area contributed by atoms with Gasteiger partial charge in [0.1, 0.15) is 5.82 Å². The number of rotatable bonds is 7. The molecule has 0 saturated carbocycles. The van der Waals surface area contributed by atoms with Crippen molar-refractivity contribution in [1.82, 2.24) is 9.97 Å². The van der Waals surface area contributed by atoms with Crippen LogP contribution in [0.25, 0.3) is 0 Å². The number of aromatic nitrogens is 2. The molecule has 0 aliphatic heterocycles. The number of nitrogens with one attached hydrogen (secondary N) is 3. The monoisotopic (exact) mass is 389 g/mol. The SMILES string of the molecule is CCc1cccc(CC)c1Nc1cc(C)nc(Nc2ccc(NC(C)=O)cc2)n1. The minimum Gasteiger partial charge on any atom is -0.340 e. The molecule has 3 aromatic rings. The normalized spacial score (nSPS) is 10.5.